The molecule has 0 spiro atoms. The number of amides is 2. The van der Waals surface area contributed by atoms with Crippen molar-refractivity contribution < 1.29 is 9.59 Å². The van der Waals surface area contributed by atoms with E-state index in [0.717, 1.165) is 33.9 Å². The zero-order valence-electron chi connectivity index (χ0n) is 22.2. The molecule has 2 amide bonds. The van der Waals surface area contributed by atoms with Gasteiger partial charge in [-0.15, -0.1) is 0 Å². The van der Waals surface area contributed by atoms with E-state index in [-0.39, 0.29) is 29.9 Å². The number of rotatable bonds is 8. The minimum Gasteiger partial charge on any atom is -0.370 e. The standard InChI is InChI=1S/C31H37N5O2/c1-22-7-5-8-24(17-22)13-15-29(37)36-20-23(2)35(21-28(36)11-6-16-34-31(32)33)30(38)19-25-12-14-26-9-3-4-10-27(26)18-25/h3-5,7-10,12-15,17-18,23,28H,6,11,16,19-21H2,1-2H3,(H4,32,33,34)/b15-13+. The molecule has 0 bridgehead atoms. The van der Waals surface area contributed by atoms with Gasteiger partial charge in [0.1, 0.15) is 0 Å². The molecule has 1 aliphatic rings. The van der Waals surface area contributed by atoms with Gasteiger partial charge in [0.25, 0.3) is 0 Å². The number of fused-ring (bicyclic) bond motifs is 1. The van der Waals surface area contributed by atoms with Crippen molar-refractivity contribution in [3.63, 3.8) is 0 Å². The Morgan fingerprint density at radius 2 is 1.82 bits per heavy atom. The van der Waals surface area contributed by atoms with Crippen LogP contribution in [0.15, 0.2) is 72.8 Å². The first kappa shape index (κ1) is 26.9. The first-order chi connectivity index (χ1) is 18.3. The van der Waals surface area contributed by atoms with Crippen LogP contribution in [-0.2, 0) is 16.0 Å². The van der Waals surface area contributed by atoms with E-state index in [2.05, 4.69) is 29.6 Å². The molecular formula is C31H37N5O2. The average molecular weight is 512 g/mol. The van der Waals surface area contributed by atoms with Gasteiger partial charge in [0.2, 0.25) is 11.8 Å². The number of aryl methyl sites for hydroxylation is 1. The lowest BCUT2D eigenvalue weighted by Gasteiger charge is -2.45. The summed E-state index contributed by atoms with van der Waals surface area (Å²) in [5.74, 6) is -0.0463. The highest BCUT2D eigenvalue weighted by Crippen LogP contribution is 2.22. The Balaban J connectivity index is 1.47. The molecule has 7 heteroatoms. The summed E-state index contributed by atoms with van der Waals surface area (Å²) in [5, 5.41) is 12.5. The summed E-state index contributed by atoms with van der Waals surface area (Å²) in [6.45, 7) is 5.55. The monoisotopic (exact) mass is 511 g/mol. The Morgan fingerprint density at radius 3 is 2.58 bits per heavy atom. The van der Waals surface area contributed by atoms with Crippen molar-refractivity contribution in [3.05, 3.63) is 89.5 Å². The molecular weight excluding hydrogens is 474 g/mol. The largest absolute Gasteiger partial charge is 0.370 e. The molecule has 7 nitrogen and oxygen atoms in total. The fraction of sp³-hybridized carbons (Fsp3) is 0.323. The first-order valence-electron chi connectivity index (χ1n) is 13.2. The zero-order valence-corrected chi connectivity index (χ0v) is 22.2. The van der Waals surface area contributed by atoms with Gasteiger partial charge in [-0.25, -0.2) is 0 Å². The smallest absolute Gasteiger partial charge is 0.246 e. The van der Waals surface area contributed by atoms with Crippen molar-refractivity contribution in [3.8, 4) is 0 Å². The van der Waals surface area contributed by atoms with Gasteiger partial charge in [-0.2, -0.15) is 0 Å². The lowest BCUT2D eigenvalue weighted by Crippen LogP contribution is -2.60. The predicted octanol–water partition coefficient (Wildman–Crippen LogP) is 4.10. The third-order valence-electron chi connectivity index (χ3n) is 7.10. The Kier molecular flexibility index (Phi) is 8.79. The van der Waals surface area contributed by atoms with Crippen molar-refractivity contribution in [2.45, 2.75) is 45.2 Å². The number of nitrogens with one attached hydrogen (secondary N) is 2. The number of carbonyl (C=O) groups excluding carboxylic acids is 2. The Hall–Kier alpha value is -4.13. The number of hydrogen-bond acceptors (Lipinski definition) is 3. The maximum absolute atomic E-state index is 13.4. The maximum atomic E-state index is 13.4. The lowest BCUT2D eigenvalue weighted by molar-refractivity contribution is -0.143. The van der Waals surface area contributed by atoms with Gasteiger partial charge in [0, 0.05) is 37.8 Å². The van der Waals surface area contributed by atoms with E-state index in [1.807, 2.05) is 72.2 Å². The normalized spacial score (nSPS) is 17.6. The van der Waals surface area contributed by atoms with E-state index in [1.54, 1.807) is 6.08 Å². The molecule has 198 valence electrons. The second-order valence-corrected chi connectivity index (χ2v) is 10.1. The SMILES string of the molecule is Cc1cccc(/C=C/C(=O)N2CC(C)N(C(=O)Cc3ccc4ccccc4c3)CC2CCCNC(=N)N)c1. The van der Waals surface area contributed by atoms with Crippen molar-refractivity contribution in [2.75, 3.05) is 19.6 Å². The van der Waals surface area contributed by atoms with E-state index in [4.69, 9.17) is 11.1 Å². The van der Waals surface area contributed by atoms with E-state index < -0.39 is 0 Å². The van der Waals surface area contributed by atoms with Crippen LogP contribution in [0.25, 0.3) is 16.8 Å². The minimum atomic E-state index is -0.116. The van der Waals surface area contributed by atoms with Crippen LogP contribution in [0.1, 0.15) is 36.5 Å². The van der Waals surface area contributed by atoms with Gasteiger partial charge in [-0.05, 0) is 54.7 Å². The number of nitrogens with two attached hydrogens (primary N) is 1. The van der Waals surface area contributed by atoms with Crippen LogP contribution < -0.4 is 11.1 Å². The summed E-state index contributed by atoms with van der Waals surface area (Å²) in [7, 11) is 0. The number of benzene rings is 3. The summed E-state index contributed by atoms with van der Waals surface area (Å²) < 4.78 is 0. The molecule has 1 heterocycles. The van der Waals surface area contributed by atoms with Crippen LogP contribution in [0, 0.1) is 12.3 Å². The van der Waals surface area contributed by atoms with Gasteiger partial charge in [0.05, 0.1) is 6.42 Å². The van der Waals surface area contributed by atoms with Crippen molar-refractivity contribution in [1.82, 2.24) is 15.1 Å². The number of nitrogens with zero attached hydrogens (tertiary/aromatic N) is 2. The summed E-state index contributed by atoms with van der Waals surface area (Å²) in [6, 6.07) is 22.1. The van der Waals surface area contributed by atoms with Gasteiger partial charge in [-0.1, -0.05) is 72.3 Å². The highest BCUT2D eigenvalue weighted by molar-refractivity contribution is 5.92. The molecule has 0 saturated carbocycles. The molecule has 1 aliphatic heterocycles. The second kappa shape index (κ2) is 12.4. The number of piperazine rings is 1. The summed E-state index contributed by atoms with van der Waals surface area (Å²) in [4.78, 5) is 30.6. The maximum Gasteiger partial charge on any atom is 0.246 e. The van der Waals surface area contributed by atoms with Crippen LogP contribution in [-0.4, -0.2) is 59.3 Å². The van der Waals surface area contributed by atoms with Crippen LogP contribution >= 0.6 is 0 Å². The van der Waals surface area contributed by atoms with Crippen LogP contribution in [0.2, 0.25) is 0 Å². The van der Waals surface area contributed by atoms with E-state index >= 15 is 0 Å². The molecule has 0 aromatic heterocycles. The molecule has 2 atom stereocenters. The van der Waals surface area contributed by atoms with Gasteiger partial charge in [0.15, 0.2) is 5.96 Å². The Labute approximate surface area is 224 Å². The topological polar surface area (TPSA) is 103 Å². The molecule has 1 fully saturated rings. The summed E-state index contributed by atoms with van der Waals surface area (Å²) in [6.07, 6.45) is 5.25. The highest BCUT2D eigenvalue weighted by atomic mass is 16.2. The van der Waals surface area contributed by atoms with Crippen LogP contribution in [0.3, 0.4) is 0 Å². The van der Waals surface area contributed by atoms with Crippen LogP contribution in [0.4, 0.5) is 0 Å². The molecule has 2 unspecified atom stereocenters. The third kappa shape index (κ3) is 7.00. The van der Waals surface area contributed by atoms with E-state index in [1.165, 1.54) is 0 Å². The quantitative estimate of drug-likeness (QED) is 0.183. The molecule has 4 rings (SSSR count). The number of hydrogen-bond donors (Lipinski definition) is 3. The summed E-state index contributed by atoms with van der Waals surface area (Å²) >= 11 is 0. The molecule has 3 aromatic carbocycles. The predicted molar refractivity (Wildman–Crippen MR) is 154 cm³/mol. The first-order valence-corrected chi connectivity index (χ1v) is 13.2. The van der Waals surface area contributed by atoms with Gasteiger partial charge in [-0.3, -0.25) is 15.0 Å². The fourth-order valence-electron chi connectivity index (χ4n) is 5.13. The molecule has 0 aliphatic carbocycles. The number of guanidine groups is 1. The third-order valence-corrected chi connectivity index (χ3v) is 7.10. The van der Waals surface area contributed by atoms with Gasteiger partial charge >= 0.3 is 0 Å². The summed E-state index contributed by atoms with van der Waals surface area (Å²) in [5.41, 5.74) is 8.54. The van der Waals surface area contributed by atoms with E-state index in [0.29, 0.717) is 32.5 Å². The lowest BCUT2D eigenvalue weighted by atomic mass is 10.00. The molecule has 3 aromatic rings. The molecule has 0 radical (unpaired) electrons. The molecule has 1 saturated heterocycles. The number of carbonyl (C=O) groups is 2. The fourth-order valence-corrected chi connectivity index (χ4v) is 5.13. The van der Waals surface area contributed by atoms with E-state index in [9.17, 15) is 9.59 Å². The zero-order chi connectivity index (χ0) is 27.1. The van der Waals surface area contributed by atoms with Crippen molar-refractivity contribution >= 4 is 34.6 Å². The minimum absolute atomic E-state index is 0.0514. The molecule has 38 heavy (non-hydrogen) atoms. The highest BCUT2D eigenvalue weighted by Gasteiger charge is 2.35. The average Bonchev–Trinajstić information content (AvgIpc) is 2.90. The molecule has 4 N–H and O–H groups in total. The Morgan fingerprint density at radius 1 is 1.03 bits per heavy atom. The van der Waals surface area contributed by atoms with Crippen LogP contribution in [0.5, 0.6) is 0 Å². The van der Waals surface area contributed by atoms with Gasteiger partial charge < -0.3 is 20.9 Å². The van der Waals surface area contributed by atoms with Crippen molar-refractivity contribution in [1.29, 1.82) is 5.41 Å². The Bertz CT molecular complexity index is 1330. The second-order valence-electron chi connectivity index (χ2n) is 10.1. The van der Waals surface area contributed by atoms with Crippen molar-refractivity contribution in [2.24, 2.45) is 5.73 Å².